The molecule has 0 fully saturated rings. The minimum absolute atomic E-state index is 0.0278. The van der Waals surface area contributed by atoms with Crippen molar-refractivity contribution >= 4 is 35.6 Å². The van der Waals surface area contributed by atoms with Gasteiger partial charge < -0.3 is 37.6 Å². The van der Waals surface area contributed by atoms with Gasteiger partial charge in [0, 0.05) is 6.42 Å². The van der Waals surface area contributed by atoms with Crippen molar-refractivity contribution < 1.29 is 39.0 Å². The van der Waals surface area contributed by atoms with Crippen LogP contribution in [0.4, 0.5) is 0 Å². The Morgan fingerprint density at radius 3 is 1.71 bits per heavy atom. The molecule has 0 spiro atoms. The van der Waals surface area contributed by atoms with Gasteiger partial charge in [0.15, 0.2) is 0 Å². The Kier molecular flexibility index (Phi) is 11.8. The molecule has 0 bridgehead atoms. The monoisotopic (exact) mass is 445 g/mol. The smallest absolute Gasteiger partial charge is 0.326 e. The molecule has 0 aromatic rings. The van der Waals surface area contributed by atoms with Gasteiger partial charge in [0.25, 0.3) is 0 Å². The van der Waals surface area contributed by atoms with Crippen LogP contribution in [0, 0.1) is 5.92 Å². The molecule has 0 radical (unpaired) electrons. The van der Waals surface area contributed by atoms with E-state index in [2.05, 4.69) is 16.0 Å². The van der Waals surface area contributed by atoms with Crippen LogP contribution < -0.4 is 27.4 Å². The summed E-state index contributed by atoms with van der Waals surface area (Å²) in [7, 11) is 0. The van der Waals surface area contributed by atoms with E-state index in [1.807, 2.05) is 0 Å². The summed E-state index contributed by atoms with van der Waals surface area (Å²) in [5.41, 5.74) is 10.6. The molecular formula is C18H31N5O8. The zero-order valence-electron chi connectivity index (χ0n) is 17.7. The molecule has 31 heavy (non-hydrogen) atoms. The number of rotatable bonds is 14. The van der Waals surface area contributed by atoms with Crippen LogP contribution in [-0.4, -0.2) is 69.9 Å². The van der Waals surface area contributed by atoms with Crippen molar-refractivity contribution in [3.05, 3.63) is 0 Å². The van der Waals surface area contributed by atoms with Crippen LogP contribution in [0.15, 0.2) is 0 Å². The van der Waals surface area contributed by atoms with E-state index in [0.717, 1.165) is 0 Å². The van der Waals surface area contributed by atoms with Gasteiger partial charge in [0.2, 0.25) is 23.6 Å². The minimum Gasteiger partial charge on any atom is -0.481 e. The molecule has 4 amide bonds. The number of carboxylic acid groups (broad SMARTS) is 2. The van der Waals surface area contributed by atoms with Gasteiger partial charge in [-0.15, -0.1) is 0 Å². The SMILES string of the molecule is CC(C)CC(NC(=O)C(C)N)C(=O)NC(CC(N)=O)C(=O)NC(CCC(=O)O)C(=O)O. The summed E-state index contributed by atoms with van der Waals surface area (Å²) in [5, 5.41) is 24.7. The fraction of sp³-hybridized carbons (Fsp3) is 0.667. The Balaban J connectivity index is 5.45. The Hall–Kier alpha value is -3.22. The van der Waals surface area contributed by atoms with E-state index in [-0.39, 0.29) is 12.3 Å². The number of carboxylic acids is 2. The lowest BCUT2D eigenvalue weighted by atomic mass is 10.0. The summed E-state index contributed by atoms with van der Waals surface area (Å²) in [6.07, 6.45) is -1.37. The van der Waals surface area contributed by atoms with Crippen LogP contribution in [0.1, 0.15) is 46.5 Å². The molecule has 0 aliphatic heterocycles. The molecule has 4 unspecified atom stereocenters. The Morgan fingerprint density at radius 2 is 1.29 bits per heavy atom. The quantitative estimate of drug-likeness (QED) is 0.151. The molecule has 0 heterocycles. The molecule has 9 N–H and O–H groups in total. The van der Waals surface area contributed by atoms with Gasteiger partial charge in [-0.1, -0.05) is 13.8 Å². The maximum Gasteiger partial charge on any atom is 0.326 e. The van der Waals surface area contributed by atoms with E-state index < -0.39 is 79.0 Å². The molecule has 0 aromatic heterocycles. The number of hydrogen-bond acceptors (Lipinski definition) is 7. The lowest BCUT2D eigenvalue weighted by Gasteiger charge is -2.25. The van der Waals surface area contributed by atoms with Gasteiger partial charge in [-0.05, 0) is 25.7 Å². The second-order valence-corrected chi connectivity index (χ2v) is 7.54. The fourth-order valence-electron chi connectivity index (χ4n) is 2.49. The van der Waals surface area contributed by atoms with E-state index in [0.29, 0.717) is 0 Å². The van der Waals surface area contributed by atoms with Crippen LogP contribution in [0.25, 0.3) is 0 Å². The van der Waals surface area contributed by atoms with Crippen molar-refractivity contribution in [1.82, 2.24) is 16.0 Å². The van der Waals surface area contributed by atoms with Crippen molar-refractivity contribution in [2.45, 2.75) is 70.6 Å². The first-order chi connectivity index (χ1) is 14.2. The second-order valence-electron chi connectivity index (χ2n) is 7.54. The normalized spacial score (nSPS) is 14.6. The minimum atomic E-state index is -1.56. The van der Waals surface area contributed by atoms with E-state index in [1.165, 1.54) is 6.92 Å². The summed E-state index contributed by atoms with van der Waals surface area (Å²) in [5.74, 6) is -6.15. The van der Waals surface area contributed by atoms with Gasteiger partial charge >= 0.3 is 11.9 Å². The highest BCUT2D eigenvalue weighted by Gasteiger charge is 2.31. The van der Waals surface area contributed by atoms with E-state index >= 15 is 0 Å². The number of aliphatic carboxylic acids is 2. The molecule has 13 nitrogen and oxygen atoms in total. The first-order valence-electron chi connectivity index (χ1n) is 9.64. The topological polar surface area (TPSA) is 231 Å². The zero-order valence-corrected chi connectivity index (χ0v) is 17.7. The van der Waals surface area contributed by atoms with Crippen molar-refractivity contribution in [3.63, 3.8) is 0 Å². The first-order valence-corrected chi connectivity index (χ1v) is 9.64. The van der Waals surface area contributed by atoms with Gasteiger partial charge in [-0.25, -0.2) is 4.79 Å². The van der Waals surface area contributed by atoms with Gasteiger partial charge in [0.05, 0.1) is 12.5 Å². The lowest BCUT2D eigenvalue weighted by Crippen LogP contribution is -2.57. The lowest BCUT2D eigenvalue weighted by molar-refractivity contribution is -0.143. The Bertz CT molecular complexity index is 694. The summed E-state index contributed by atoms with van der Waals surface area (Å²) in [4.78, 5) is 70.4. The molecule has 0 saturated heterocycles. The van der Waals surface area contributed by atoms with Crippen LogP contribution in [0.5, 0.6) is 0 Å². The van der Waals surface area contributed by atoms with Crippen LogP contribution >= 0.6 is 0 Å². The first kappa shape index (κ1) is 27.8. The van der Waals surface area contributed by atoms with E-state index in [9.17, 15) is 33.9 Å². The number of amides is 4. The fourth-order valence-corrected chi connectivity index (χ4v) is 2.49. The molecule has 0 aromatic carbocycles. The summed E-state index contributed by atoms with van der Waals surface area (Å²) in [6.45, 7) is 5.02. The molecule has 0 aliphatic rings. The summed E-state index contributed by atoms with van der Waals surface area (Å²) < 4.78 is 0. The van der Waals surface area contributed by atoms with E-state index in [1.54, 1.807) is 13.8 Å². The van der Waals surface area contributed by atoms with Crippen molar-refractivity contribution in [2.75, 3.05) is 0 Å². The molecule has 13 heteroatoms. The highest BCUT2D eigenvalue weighted by atomic mass is 16.4. The van der Waals surface area contributed by atoms with E-state index in [4.69, 9.17) is 16.6 Å². The van der Waals surface area contributed by atoms with Crippen molar-refractivity contribution in [3.8, 4) is 0 Å². The number of carbonyl (C=O) groups excluding carboxylic acids is 4. The van der Waals surface area contributed by atoms with Crippen molar-refractivity contribution in [1.29, 1.82) is 0 Å². The second kappa shape index (κ2) is 13.2. The zero-order chi connectivity index (χ0) is 24.3. The number of hydrogen-bond donors (Lipinski definition) is 7. The molecule has 4 atom stereocenters. The number of carbonyl (C=O) groups is 6. The average molecular weight is 445 g/mol. The third-order valence-electron chi connectivity index (χ3n) is 4.05. The predicted molar refractivity (Wildman–Crippen MR) is 107 cm³/mol. The third kappa shape index (κ3) is 11.5. The molecule has 0 saturated carbocycles. The van der Waals surface area contributed by atoms with Crippen molar-refractivity contribution in [2.24, 2.45) is 17.4 Å². The van der Waals surface area contributed by atoms with Gasteiger partial charge in [-0.2, -0.15) is 0 Å². The number of nitrogens with one attached hydrogen (secondary N) is 3. The maximum atomic E-state index is 12.7. The highest BCUT2D eigenvalue weighted by Crippen LogP contribution is 2.07. The molecule has 176 valence electrons. The van der Waals surface area contributed by atoms with Crippen LogP contribution in [0.3, 0.4) is 0 Å². The summed E-state index contributed by atoms with van der Waals surface area (Å²) >= 11 is 0. The van der Waals surface area contributed by atoms with Gasteiger partial charge in [0.1, 0.15) is 18.1 Å². The predicted octanol–water partition coefficient (Wildman–Crippen LogP) is -2.34. The number of nitrogens with two attached hydrogens (primary N) is 2. The Morgan fingerprint density at radius 1 is 0.806 bits per heavy atom. The van der Waals surface area contributed by atoms with Crippen LogP contribution in [-0.2, 0) is 28.8 Å². The highest BCUT2D eigenvalue weighted by molar-refractivity contribution is 5.96. The molecule has 0 rings (SSSR count). The Labute approximate surface area is 179 Å². The van der Waals surface area contributed by atoms with Gasteiger partial charge in [-0.3, -0.25) is 24.0 Å². The average Bonchev–Trinajstić information content (AvgIpc) is 2.62. The summed E-state index contributed by atoms with van der Waals surface area (Å²) in [6, 6.07) is -5.04. The third-order valence-corrected chi connectivity index (χ3v) is 4.05. The maximum absolute atomic E-state index is 12.7. The molecular weight excluding hydrogens is 414 g/mol. The number of primary amides is 1. The molecule has 0 aliphatic carbocycles. The van der Waals surface area contributed by atoms with Crippen LogP contribution in [0.2, 0.25) is 0 Å². The largest absolute Gasteiger partial charge is 0.481 e. The standard InChI is InChI=1S/C18H31N5O8/c1-8(2)6-11(22-15(27)9(3)19)16(28)23-12(7-13(20)24)17(29)21-10(18(30)31)4-5-14(25)26/h8-12H,4-7,19H2,1-3H3,(H2,20,24)(H,21,29)(H,22,27)(H,23,28)(H,25,26)(H,30,31).